The maximum Gasteiger partial charge on any atom is 0.161 e. The van der Waals surface area contributed by atoms with Gasteiger partial charge in [0, 0.05) is 29.6 Å². The topological polar surface area (TPSA) is 12.5 Å². The van der Waals surface area contributed by atoms with Gasteiger partial charge in [0.15, 0.2) is 6.73 Å². The zero-order valence-electron chi connectivity index (χ0n) is 14.6. The first-order valence-electron chi connectivity index (χ1n) is 9.53. The van der Waals surface area contributed by atoms with Gasteiger partial charge in [-0.1, -0.05) is 60.7 Å². The number of ether oxygens (including phenoxy) is 1. The summed E-state index contributed by atoms with van der Waals surface area (Å²) in [6.45, 7) is 1.54. The van der Waals surface area contributed by atoms with Crippen molar-refractivity contribution in [2.24, 2.45) is 17.8 Å². The molecule has 2 heteroatoms. The first kappa shape index (κ1) is 14.4. The van der Waals surface area contributed by atoms with Gasteiger partial charge in [-0.3, -0.25) is 0 Å². The summed E-state index contributed by atoms with van der Waals surface area (Å²) in [7, 11) is 0. The minimum atomic E-state index is 0.525. The fourth-order valence-electron chi connectivity index (χ4n) is 5.19. The van der Waals surface area contributed by atoms with Gasteiger partial charge in [-0.25, -0.2) is 0 Å². The van der Waals surface area contributed by atoms with Crippen LogP contribution in [0.15, 0.2) is 95.3 Å². The van der Waals surface area contributed by atoms with Crippen LogP contribution in [-0.4, -0.2) is 11.6 Å². The summed E-state index contributed by atoms with van der Waals surface area (Å²) >= 11 is 0. The monoisotopic (exact) mass is 339 g/mol. The molecule has 6 rings (SSSR count). The second-order valence-electron chi connectivity index (χ2n) is 7.75. The molecule has 1 aliphatic heterocycles. The van der Waals surface area contributed by atoms with E-state index in [0.29, 0.717) is 24.5 Å². The molecule has 0 bridgehead atoms. The molecule has 2 nitrogen and oxygen atoms in total. The Morgan fingerprint density at radius 1 is 1.00 bits per heavy atom. The zero-order valence-corrected chi connectivity index (χ0v) is 14.6. The second-order valence-corrected chi connectivity index (χ2v) is 7.75. The van der Waals surface area contributed by atoms with Gasteiger partial charge in [-0.05, 0) is 41.2 Å². The Kier molecular flexibility index (Phi) is 2.98. The van der Waals surface area contributed by atoms with Crippen LogP contribution in [0.1, 0.15) is 12.0 Å². The molecule has 4 aliphatic carbocycles. The molecule has 0 saturated carbocycles. The number of fused-ring (bicyclic) bond motifs is 1. The van der Waals surface area contributed by atoms with E-state index in [1.54, 1.807) is 0 Å². The van der Waals surface area contributed by atoms with Gasteiger partial charge in [0.2, 0.25) is 0 Å². The fourth-order valence-corrected chi connectivity index (χ4v) is 5.19. The predicted octanol–water partition coefficient (Wildman–Crippen LogP) is 4.91. The highest BCUT2D eigenvalue weighted by Crippen LogP contribution is 2.51. The van der Waals surface area contributed by atoms with Crippen molar-refractivity contribution in [2.45, 2.75) is 13.0 Å². The average molecular weight is 339 g/mol. The first-order valence-corrected chi connectivity index (χ1v) is 9.53. The van der Waals surface area contributed by atoms with E-state index in [4.69, 9.17) is 4.74 Å². The average Bonchev–Trinajstić information content (AvgIpc) is 2.71. The quantitative estimate of drug-likeness (QED) is 0.721. The van der Waals surface area contributed by atoms with Crippen LogP contribution < -0.4 is 4.74 Å². The molecule has 128 valence electrons. The summed E-state index contributed by atoms with van der Waals surface area (Å²) in [6.07, 6.45) is 19.9. The van der Waals surface area contributed by atoms with E-state index in [0.717, 1.165) is 18.7 Å². The van der Waals surface area contributed by atoms with Crippen LogP contribution in [0.5, 0.6) is 5.75 Å². The molecule has 0 fully saturated rings. The van der Waals surface area contributed by atoms with Gasteiger partial charge in [-0.15, -0.1) is 0 Å². The third-order valence-corrected chi connectivity index (χ3v) is 6.40. The minimum absolute atomic E-state index is 0.525. The van der Waals surface area contributed by atoms with E-state index in [2.05, 4.69) is 71.7 Å². The second kappa shape index (κ2) is 5.38. The normalized spacial score (nSPS) is 30.3. The lowest BCUT2D eigenvalue weighted by Gasteiger charge is -2.45. The molecule has 0 saturated heterocycles. The van der Waals surface area contributed by atoms with Crippen LogP contribution in [0.2, 0.25) is 0 Å². The van der Waals surface area contributed by atoms with Gasteiger partial charge in [-0.2, -0.15) is 0 Å². The molecule has 0 N–H and O–H groups in total. The molecule has 3 unspecified atom stereocenters. The van der Waals surface area contributed by atoms with E-state index in [1.165, 1.54) is 28.0 Å². The number of hydrogen-bond donors (Lipinski definition) is 0. The number of rotatable bonds is 1. The van der Waals surface area contributed by atoms with E-state index in [-0.39, 0.29) is 0 Å². The lowest BCUT2D eigenvalue weighted by molar-refractivity contribution is 0.128. The SMILES string of the molecule is C1=CC2=CCC3C=CC(N4COc5ccccc5C4)=C4C=CC(=C1)C2C43. The van der Waals surface area contributed by atoms with Crippen LogP contribution in [0.3, 0.4) is 0 Å². The smallest absolute Gasteiger partial charge is 0.161 e. The van der Waals surface area contributed by atoms with Crippen molar-refractivity contribution in [1.82, 2.24) is 4.90 Å². The largest absolute Gasteiger partial charge is 0.473 e. The Morgan fingerprint density at radius 3 is 2.96 bits per heavy atom. The Labute approximate surface area is 154 Å². The maximum absolute atomic E-state index is 6.04. The lowest BCUT2D eigenvalue weighted by atomic mass is 9.60. The molecular weight excluding hydrogens is 318 g/mol. The third kappa shape index (κ3) is 1.99. The molecule has 1 heterocycles. The van der Waals surface area contributed by atoms with Crippen LogP contribution in [0.25, 0.3) is 0 Å². The van der Waals surface area contributed by atoms with Gasteiger partial charge < -0.3 is 9.64 Å². The summed E-state index contributed by atoms with van der Waals surface area (Å²) < 4.78 is 6.04. The van der Waals surface area contributed by atoms with E-state index in [9.17, 15) is 0 Å². The highest BCUT2D eigenvalue weighted by atomic mass is 16.5. The molecular formula is C24H21NO. The predicted molar refractivity (Wildman–Crippen MR) is 103 cm³/mol. The van der Waals surface area contributed by atoms with Crippen LogP contribution >= 0.6 is 0 Å². The summed E-state index contributed by atoms with van der Waals surface area (Å²) in [4.78, 5) is 2.39. The molecule has 0 radical (unpaired) electrons. The van der Waals surface area contributed by atoms with Gasteiger partial charge in [0.1, 0.15) is 5.75 Å². The Hall–Kier alpha value is -2.74. The van der Waals surface area contributed by atoms with Crippen LogP contribution in [-0.2, 0) is 6.54 Å². The van der Waals surface area contributed by atoms with Crippen molar-refractivity contribution in [1.29, 1.82) is 0 Å². The number of benzene rings is 1. The summed E-state index contributed by atoms with van der Waals surface area (Å²) in [6, 6.07) is 8.39. The first-order chi connectivity index (χ1) is 12.9. The maximum atomic E-state index is 6.04. The Balaban J connectivity index is 1.44. The summed E-state index contributed by atoms with van der Waals surface area (Å²) in [5, 5.41) is 0. The van der Waals surface area contributed by atoms with Crippen molar-refractivity contribution in [3.8, 4) is 5.75 Å². The Morgan fingerprint density at radius 2 is 1.96 bits per heavy atom. The van der Waals surface area contributed by atoms with Crippen LogP contribution in [0, 0.1) is 17.8 Å². The highest BCUT2D eigenvalue weighted by Gasteiger charge is 2.42. The van der Waals surface area contributed by atoms with E-state index < -0.39 is 0 Å². The standard InChI is InChI=1S/C24H21NO/c1-2-7-22-19(4-1)14-25(15-26-22)21-13-11-18-9-8-16-5-3-6-17-10-12-20(21)24(18)23(16)17/h1-8,10-13,18,23-24H,9,14-15H2. The Bertz CT molecular complexity index is 972. The summed E-state index contributed by atoms with van der Waals surface area (Å²) in [5.41, 5.74) is 7.07. The lowest BCUT2D eigenvalue weighted by Crippen LogP contribution is -2.38. The van der Waals surface area contributed by atoms with Crippen molar-refractivity contribution in [3.63, 3.8) is 0 Å². The van der Waals surface area contributed by atoms with Gasteiger partial charge >= 0.3 is 0 Å². The van der Waals surface area contributed by atoms with Crippen molar-refractivity contribution >= 4 is 0 Å². The number of para-hydroxylation sites is 1. The van der Waals surface area contributed by atoms with Crippen molar-refractivity contribution < 1.29 is 4.74 Å². The van der Waals surface area contributed by atoms with E-state index >= 15 is 0 Å². The molecule has 0 aromatic heterocycles. The zero-order chi connectivity index (χ0) is 17.1. The van der Waals surface area contributed by atoms with Gasteiger partial charge in [0.25, 0.3) is 0 Å². The molecule has 0 amide bonds. The fraction of sp³-hybridized carbons (Fsp3) is 0.250. The molecule has 1 aromatic carbocycles. The van der Waals surface area contributed by atoms with Crippen molar-refractivity contribution in [3.05, 3.63) is 101 Å². The molecule has 26 heavy (non-hydrogen) atoms. The summed E-state index contributed by atoms with van der Waals surface area (Å²) in [5.74, 6) is 2.72. The minimum Gasteiger partial charge on any atom is -0.473 e. The molecule has 5 aliphatic rings. The van der Waals surface area contributed by atoms with Gasteiger partial charge in [0.05, 0.1) is 0 Å². The molecule has 0 spiro atoms. The molecule has 3 atom stereocenters. The third-order valence-electron chi connectivity index (χ3n) is 6.40. The van der Waals surface area contributed by atoms with E-state index in [1.807, 2.05) is 6.07 Å². The molecule has 1 aromatic rings. The number of allylic oxidation sites excluding steroid dienone is 11. The number of nitrogens with zero attached hydrogens (tertiary/aromatic N) is 1. The van der Waals surface area contributed by atoms with Crippen molar-refractivity contribution in [2.75, 3.05) is 6.73 Å². The number of hydrogen-bond acceptors (Lipinski definition) is 2. The highest BCUT2D eigenvalue weighted by molar-refractivity contribution is 5.55. The van der Waals surface area contributed by atoms with Crippen LogP contribution in [0.4, 0.5) is 0 Å².